The van der Waals surface area contributed by atoms with Crippen molar-refractivity contribution in [2.24, 2.45) is 10.1 Å². The Balaban J connectivity index is 1.84. The Hall–Kier alpha value is -3.94. The first-order valence-corrected chi connectivity index (χ1v) is 10.3. The summed E-state index contributed by atoms with van der Waals surface area (Å²) >= 11 is 0. The number of amides is 1. The van der Waals surface area contributed by atoms with E-state index in [9.17, 15) is 9.59 Å². The van der Waals surface area contributed by atoms with Gasteiger partial charge in [0.2, 0.25) is 0 Å². The summed E-state index contributed by atoms with van der Waals surface area (Å²) in [5.41, 5.74) is 4.49. The third kappa shape index (κ3) is 3.64. The molecule has 1 aliphatic rings. The normalized spacial score (nSPS) is 17.1. The predicted octanol–water partition coefficient (Wildman–Crippen LogP) is 3.92. The lowest BCUT2D eigenvalue weighted by Crippen LogP contribution is -2.24. The minimum Gasteiger partial charge on any atom is -0.420 e. The summed E-state index contributed by atoms with van der Waals surface area (Å²) in [5.74, 6) is -0.464. The third-order valence-corrected chi connectivity index (χ3v) is 5.43. The van der Waals surface area contributed by atoms with E-state index in [1.165, 1.54) is 11.8 Å². The first kappa shape index (κ1) is 21.3. The molecule has 164 valence electrons. The summed E-state index contributed by atoms with van der Waals surface area (Å²) in [5, 5.41) is 5.99. The van der Waals surface area contributed by atoms with Gasteiger partial charge in [-0.2, -0.15) is 0 Å². The molecule has 4 rings (SSSR count). The van der Waals surface area contributed by atoms with E-state index in [4.69, 9.17) is 9.57 Å². The number of aryl methyl sites for hydroxylation is 1. The highest BCUT2D eigenvalue weighted by atomic mass is 16.7. The van der Waals surface area contributed by atoms with E-state index in [2.05, 4.69) is 21.6 Å². The molecule has 0 bridgehead atoms. The van der Waals surface area contributed by atoms with Crippen LogP contribution in [0.3, 0.4) is 0 Å². The zero-order chi connectivity index (χ0) is 23.0. The summed E-state index contributed by atoms with van der Waals surface area (Å²) in [6.45, 7) is 6.02. The Morgan fingerprint density at radius 1 is 1.12 bits per heavy atom. The van der Waals surface area contributed by atoms with Crippen molar-refractivity contribution in [2.45, 2.75) is 27.3 Å². The van der Waals surface area contributed by atoms with Crippen LogP contribution in [0.15, 0.2) is 52.3 Å². The molecule has 2 heterocycles. The van der Waals surface area contributed by atoms with Crippen molar-refractivity contribution >= 4 is 51.5 Å². The average Bonchev–Trinajstić information content (AvgIpc) is 3.25. The summed E-state index contributed by atoms with van der Waals surface area (Å²) in [4.78, 5) is 33.7. The molecular weight excluding hydrogens is 408 g/mol. The molecule has 0 radical (unpaired) electrons. The van der Waals surface area contributed by atoms with Crippen LogP contribution in [0, 0.1) is 0 Å². The Bertz CT molecular complexity index is 1350. The number of carbonyl (C=O) groups excluding carboxylic acids is 2. The first-order valence-electron chi connectivity index (χ1n) is 10.3. The lowest BCUT2D eigenvalue weighted by molar-refractivity contribution is -0.140. The quantitative estimate of drug-likeness (QED) is 0.271. The monoisotopic (exact) mass is 432 g/mol. The Morgan fingerprint density at radius 3 is 2.44 bits per heavy atom. The molecule has 0 spiro atoms. The molecule has 1 aromatic heterocycles. The van der Waals surface area contributed by atoms with Gasteiger partial charge in [-0.1, -0.05) is 17.3 Å². The smallest absolute Gasteiger partial charge is 0.331 e. The van der Waals surface area contributed by atoms with E-state index in [-0.39, 0.29) is 17.7 Å². The SMILES string of the molecule is CCn1c2ccc(C=C3OC(=NC)N(C)C3=O)cc2c2cc(C(C)=NOC(C)=O)ccc21. The number of rotatable bonds is 4. The first-order chi connectivity index (χ1) is 15.3. The van der Waals surface area contributed by atoms with Crippen molar-refractivity contribution in [3.8, 4) is 0 Å². The van der Waals surface area contributed by atoms with Crippen LogP contribution in [0.4, 0.5) is 0 Å². The van der Waals surface area contributed by atoms with Gasteiger partial charge in [-0.15, -0.1) is 0 Å². The van der Waals surface area contributed by atoms with Gasteiger partial charge in [0.1, 0.15) is 0 Å². The maximum atomic E-state index is 12.4. The number of fused-ring (bicyclic) bond motifs is 3. The summed E-state index contributed by atoms with van der Waals surface area (Å²) < 4.78 is 7.82. The lowest BCUT2D eigenvalue weighted by Gasteiger charge is -2.04. The molecule has 1 aliphatic heterocycles. The molecule has 1 amide bonds. The molecule has 0 saturated carbocycles. The second kappa shape index (κ2) is 8.30. The fourth-order valence-electron chi connectivity index (χ4n) is 3.86. The van der Waals surface area contributed by atoms with Crippen LogP contribution in [-0.4, -0.2) is 47.2 Å². The number of carbonyl (C=O) groups is 2. The lowest BCUT2D eigenvalue weighted by atomic mass is 10.0. The van der Waals surface area contributed by atoms with Gasteiger partial charge in [0.25, 0.3) is 11.9 Å². The highest BCUT2D eigenvalue weighted by Gasteiger charge is 2.31. The van der Waals surface area contributed by atoms with Crippen LogP contribution < -0.4 is 0 Å². The van der Waals surface area contributed by atoms with Crippen LogP contribution in [0.5, 0.6) is 0 Å². The van der Waals surface area contributed by atoms with E-state index in [0.717, 1.165) is 39.5 Å². The van der Waals surface area contributed by atoms with Crippen molar-refractivity contribution in [3.05, 3.63) is 53.3 Å². The van der Waals surface area contributed by atoms with Crippen LogP contribution in [0.1, 0.15) is 31.9 Å². The number of hydrogen-bond acceptors (Lipinski definition) is 6. The highest BCUT2D eigenvalue weighted by Crippen LogP contribution is 2.32. The second-order valence-corrected chi connectivity index (χ2v) is 7.49. The zero-order valence-corrected chi connectivity index (χ0v) is 18.7. The molecule has 8 heteroatoms. The van der Waals surface area contributed by atoms with Crippen molar-refractivity contribution in [3.63, 3.8) is 0 Å². The van der Waals surface area contributed by atoms with Crippen LogP contribution >= 0.6 is 0 Å². The largest absolute Gasteiger partial charge is 0.420 e. The molecule has 0 N–H and O–H groups in total. The number of benzene rings is 2. The molecule has 8 nitrogen and oxygen atoms in total. The van der Waals surface area contributed by atoms with Crippen molar-refractivity contribution in [1.82, 2.24) is 9.47 Å². The molecule has 0 aliphatic carbocycles. The summed E-state index contributed by atoms with van der Waals surface area (Å²) in [6.07, 6.45) is 1.73. The van der Waals surface area contributed by atoms with Gasteiger partial charge in [0, 0.05) is 49.4 Å². The number of hydrogen-bond donors (Lipinski definition) is 0. The van der Waals surface area contributed by atoms with Crippen molar-refractivity contribution in [2.75, 3.05) is 14.1 Å². The maximum absolute atomic E-state index is 12.4. The highest BCUT2D eigenvalue weighted by molar-refractivity contribution is 6.13. The maximum Gasteiger partial charge on any atom is 0.331 e. The van der Waals surface area contributed by atoms with Crippen LogP contribution in [-0.2, 0) is 25.7 Å². The Kier molecular flexibility index (Phi) is 5.52. The van der Waals surface area contributed by atoms with Gasteiger partial charge in [-0.3, -0.25) is 9.69 Å². The molecule has 1 fully saturated rings. The molecular formula is C24H24N4O4. The Morgan fingerprint density at radius 2 is 1.81 bits per heavy atom. The Labute approximate surface area is 185 Å². The topological polar surface area (TPSA) is 85.5 Å². The fraction of sp³-hybridized carbons (Fsp3) is 0.250. The predicted molar refractivity (Wildman–Crippen MR) is 124 cm³/mol. The summed E-state index contributed by atoms with van der Waals surface area (Å²) in [6, 6.07) is 12.4. The van der Waals surface area contributed by atoms with Crippen molar-refractivity contribution in [1.29, 1.82) is 0 Å². The minimum atomic E-state index is -0.462. The molecule has 0 unspecified atom stereocenters. The van der Waals surface area contributed by atoms with E-state index in [1.54, 1.807) is 27.1 Å². The van der Waals surface area contributed by atoms with Gasteiger partial charge in [-0.25, -0.2) is 9.79 Å². The van der Waals surface area contributed by atoms with Gasteiger partial charge in [-0.05, 0) is 55.3 Å². The number of ether oxygens (including phenoxy) is 1. The standard InChI is InChI=1S/C24H24N4O4/c1-6-28-20-9-7-16(12-22-23(30)27(5)24(25-4)31-22)11-18(20)19-13-17(8-10-21(19)28)14(2)26-32-15(3)29/h7-13H,6H2,1-5H3. The van der Waals surface area contributed by atoms with Gasteiger partial charge in [0.05, 0.1) is 5.71 Å². The number of amidine groups is 1. The number of nitrogens with zero attached hydrogens (tertiary/aromatic N) is 4. The van der Waals surface area contributed by atoms with E-state index in [0.29, 0.717) is 5.71 Å². The van der Waals surface area contributed by atoms with Crippen LogP contribution in [0.25, 0.3) is 27.9 Å². The van der Waals surface area contributed by atoms with Gasteiger partial charge >= 0.3 is 5.97 Å². The van der Waals surface area contributed by atoms with E-state index < -0.39 is 5.97 Å². The van der Waals surface area contributed by atoms with Crippen molar-refractivity contribution < 1.29 is 19.2 Å². The average molecular weight is 432 g/mol. The van der Waals surface area contributed by atoms with Gasteiger partial charge < -0.3 is 14.1 Å². The fourth-order valence-corrected chi connectivity index (χ4v) is 3.86. The molecule has 0 atom stereocenters. The number of likely N-dealkylation sites (N-methyl/N-ethyl adjacent to an activating group) is 1. The second-order valence-electron chi connectivity index (χ2n) is 7.49. The number of aromatic nitrogens is 1. The molecule has 32 heavy (non-hydrogen) atoms. The third-order valence-electron chi connectivity index (χ3n) is 5.43. The number of aliphatic imine (C=N–C) groups is 1. The molecule has 1 saturated heterocycles. The number of oxime groups is 1. The summed E-state index contributed by atoms with van der Waals surface area (Å²) in [7, 11) is 3.21. The molecule has 2 aromatic carbocycles. The van der Waals surface area contributed by atoms with Crippen LogP contribution in [0.2, 0.25) is 0 Å². The van der Waals surface area contributed by atoms with Gasteiger partial charge in [0.15, 0.2) is 5.76 Å². The zero-order valence-electron chi connectivity index (χ0n) is 18.7. The van der Waals surface area contributed by atoms with E-state index >= 15 is 0 Å². The van der Waals surface area contributed by atoms with E-state index in [1.807, 2.05) is 36.4 Å². The minimum absolute atomic E-state index is 0.233. The molecule has 3 aromatic rings.